The van der Waals surface area contributed by atoms with Crippen LogP contribution in [0, 0.1) is 6.92 Å². The molecular formula is C17H20O5. The molecule has 5 nitrogen and oxygen atoms in total. The minimum Gasteiger partial charge on any atom is -0.508 e. The van der Waals surface area contributed by atoms with Crippen LogP contribution in [-0.2, 0) is 11.2 Å². The standard InChI is InChI=1S/C17H20O5/c1-4-5-6-7-13-10(2)16(19)15-12(17(20)21-3)8-11(18)9-14(15)22-13/h8-9,18H,4-7H2,1-3H3. The molecule has 22 heavy (non-hydrogen) atoms. The van der Waals surface area contributed by atoms with E-state index < -0.39 is 5.97 Å². The molecule has 1 N–H and O–H groups in total. The van der Waals surface area contributed by atoms with Crippen molar-refractivity contribution in [2.45, 2.75) is 39.5 Å². The van der Waals surface area contributed by atoms with E-state index in [0.29, 0.717) is 17.7 Å². The SMILES string of the molecule is CCCCCc1oc2cc(O)cc(C(=O)OC)c2c(=O)c1C. The maximum atomic E-state index is 12.6. The first-order chi connectivity index (χ1) is 10.5. The van der Waals surface area contributed by atoms with Gasteiger partial charge in [-0.2, -0.15) is 0 Å². The fourth-order valence-electron chi connectivity index (χ4n) is 2.48. The summed E-state index contributed by atoms with van der Waals surface area (Å²) in [7, 11) is 1.23. The van der Waals surface area contributed by atoms with Gasteiger partial charge in [-0.1, -0.05) is 19.8 Å². The van der Waals surface area contributed by atoms with Crippen LogP contribution >= 0.6 is 0 Å². The minimum absolute atomic E-state index is 0.0226. The van der Waals surface area contributed by atoms with Crippen LogP contribution in [-0.4, -0.2) is 18.2 Å². The molecule has 5 heteroatoms. The molecule has 0 saturated carbocycles. The molecule has 118 valence electrons. The summed E-state index contributed by atoms with van der Waals surface area (Å²) >= 11 is 0. The van der Waals surface area contributed by atoms with Crippen LogP contribution in [0.25, 0.3) is 11.0 Å². The van der Waals surface area contributed by atoms with E-state index in [2.05, 4.69) is 11.7 Å². The topological polar surface area (TPSA) is 76.7 Å². The number of aryl methyl sites for hydroxylation is 1. The number of hydrogen-bond acceptors (Lipinski definition) is 5. The number of benzene rings is 1. The summed E-state index contributed by atoms with van der Waals surface area (Å²) < 4.78 is 10.4. The molecule has 0 bridgehead atoms. The highest BCUT2D eigenvalue weighted by Gasteiger charge is 2.19. The third kappa shape index (κ3) is 2.98. The Bertz CT molecular complexity index is 758. The van der Waals surface area contributed by atoms with Crippen molar-refractivity contribution >= 4 is 16.9 Å². The molecular weight excluding hydrogens is 284 g/mol. The van der Waals surface area contributed by atoms with Gasteiger partial charge in [0.25, 0.3) is 0 Å². The first-order valence-corrected chi connectivity index (χ1v) is 7.37. The molecule has 1 heterocycles. The number of phenols is 1. The number of unbranched alkanes of at least 4 members (excludes halogenated alkanes) is 2. The maximum Gasteiger partial charge on any atom is 0.338 e. The van der Waals surface area contributed by atoms with Crippen LogP contribution in [0.5, 0.6) is 5.75 Å². The molecule has 2 rings (SSSR count). The molecule has 0 amide bonds. The van der Waals surface area contributed by atoms with Gasteiger partial charge in [0.05, 0.1) is 18.1 Å². The lowest BCUT2D eigenvalue weighted by molar-refractivity contribution is 0.0602. The first kappa shape index (κ1) is 16.1. The van der Waals surface area contributed by atoms with E-state index in [1.54, 1.807) is 6.92 Å². The molecule has 1 aromatic carbocycles. The smallest absolute Gasteiger partial charge is 0.338 e. The molecule has 0 aliphatic heterocycles. The Morgan fingerprint density at radius 1 is 1.32 bits per heavy atom. The molecule has 2 aromatic rings. The fraction of sp³-hybridized carbons (Fsp3) is 0.412. The van der Waals surface area contributed by atoms with Gasteiger partial charge < -0.3 is 14.3 Å². The highest BCUT2D eigenvalue weighted by molar-refractivity contribution is 6.03. The van der Waals surface area contributed by atoms with E-state index in [9.17, 15) is 14.7 Å². The maximum absolute atomic E-state index is 12.6. The number of phenolic OH excluding ortho intramolecular Hbond substituents is 1. The quantitative estimate of drug-likeness (QED) is 0.677. The van der Waals surface area contributed by atoms with Gasteiger partial charge in [0.2, 0.25) is 0 Å². The number of rotatable bonds is 5. The Kier molecular flexibility index (Phi) is 4.85. The van der Waals surface area contributed by atoms with E-state index in [1.807, 2.05) is 0 Å². The summed E-state index contributed by atoms with van der Waals surface area (Å²) in [6.45, 7) is 3.80. The van der Waals surface area contributed by atoms with E-state index in [0.717, 1.165) is 19.3 Å². The van der Waals surface area contributed by atoms with Gasteiger partial charge >= 0.3 is 5.97 Å². The van der Waals surface area contributed by atoms with E-state index in [4.69, 9.17) is 4.42 Å². The second-order valence-electron chi connectivity index (χ2n) is 5.29. The molecule has 1 aromatic heterocycles. The Morgan fingerprint density at radius 2 is 2.05 bits per heavy atom. The number of carbonyl (C=O) groups is 1. The van der Waals surface area contributed by atoms with Crippen LogP contribution in [0.15, 0.2) is 21.3 Å². The summed E-state index contributed by atoms with van der Waals surface area (Å²) in [5.74, 6) is -0.210. The molecule has 0 radical (unpaired) electrons. The lowest BCUT2D eigenvalue weighted by atomic mass is 10.0. The average molecular weight is 304 g/mol. The minimum atomic E-state index is -0.675. The van der Waals surface area contributed by atoms with Crippen LogP contribution in [0.1, 0.15) is 47.9 Å². The number of ether oxygens (including phenoxy) is 1. The normalized spacial score (nSPS) is 10.9. The average Bonchev–Trinajstić information content (AvgIpc) is 2.50. The second-order valence-corrected chi connectivity index (χ2v) is 5.29. The van der Waals surface area contributed by atoms with Crippen molar-refractivity contribution in [2.75, 3.05) is 7.11 Å². The molecule has 0 atom stereocenters. The lowest BCUT2D eigenvalue weighted by Gasteiger charge is -2.09. The highest BCUT2D eigenvalue weighted by Crippen LogP contribution is 2.25. The van der Waals surface area contributed by atoms with Crippen LogP contribution in [0.3, 0.4) is 0 Å². The summed E-state index contributed by atoms with van der Waals surface area (Å²) in [6, 6.07) is 2.58. The van der Waals surface area contributed by atoms with Gasteiger partial charge in [-0.05, 0) is 19.4 Å². The van der Waals surface area contributed by atoms with Crippen LogP contribution < -0.4 is 5.43 Å². The number of fused-ring (bicyclic) bond motifs is 1. The van der Waals surface area contributed by atoms with Crippen molar-refractivity contribution in [1.82, 2.24) is 0 Å². The Hall–Kier alpha value is -2.30. The number of aromatic hydroxyl groups is 1. The molecule has 0 spiro atoms. The second kappa shape index (κ2) is 6.64. The van der Waals surface area contributed by atoms with Crippen molar-refractivity contribution < 1.29 is 19.1 Å². The van der Waals surface area contributed by atoms with Gasteiger partial charge in [-0.15, -0.1) is 0 Å². The number of esters is 1. The first-order valence-electron chi connectivity index (χ1n) is 7.37. The summed E-state index contributed by atoms with van der Waals surface area (Å²) in [5, 5.41) is 9.90. The Labute approximate surface area is 128 Å². The number of methoxy groups -OCH3 is 1. The summed E-state index contributed by atoms with van der Waals surface area (Å²) in [4.78, 5) is 24.4. The van der Waals surface area contributed by atoms with Crippen LogP contribution in [0.2, 0.25) is 0 Å². The molecule has 0 fully saturated rings. The zero-order valence-electron chi connectivity index (χ0n) is 13.1. The summed E-state index contributed by atoms with van der Waals surface area (Å²) in [6.07, 6.45) is 3.71. The predicted molar refractivity (Wildman–Crippen MR) is 83.5 cm³/mol. The molecule has 0 aliphatic carbocycles. The van der Waals surface area contributed by atoms with Crippen molar-refractivity contribution in [1.29, 1.82) is 0 Å². The monoisotopic (exact) mass is 304 g/mol. The van der Waals surface area contributed by atoms with E-state index in [1.165, 1.54) is 19.2 Å². The number of hydrogen-bond donors (Lipinski definition) is 1. The van der Waals surface area contributed by atoms with Crippen molar-refractivity contribution in [3.05, 3.63) is 39.2 Å². The van der Waals surface area contributed by atoms with Crippen LogP contribution in [0.4, 0.5) is 0 Å². The number of carbonyl (C=O) groups excluding carboxylic acids is 1. The molecule has 0 unspecified atom stereocenters. The lowest BCUT2D eigenvalue weighted by Crippen LogP contribution is -2.14. The zero-order chi connectivity index (χ0) is 16.3. The third-order valence-electron chi connectivity index (χ3n) is 3.72. The van der Waals surface area contributed by atoms with Crippen molar-refractivity contribution in [3.63, 3.8) is 0 Å². The zero-order valence-corrected chi connectivity index (χ0v) is 13.1. The largest absolute Gasteiger partial charge is 0.508 e. The molecule has 0 saturated heterocycles. The fourth-order valence-corrected chi connectivity index (χ4v) is 2.48. The van der Waals surface area contributed by atoms with E-state index in [-0.39, 0.29) is 27.7 Å². The Balaban J connectivity index is 2.65. The predicted octanol–water partition coefficient (Wildman–Crippen LogP) is 3.33. The highest BCUT2D eigenvalue weighted by atomic mass is 16.5. The van der Waals surface area contributed by atoms with Crippen molar-refractivity contribution in [3.8, 4) is 5.75 Å². The van der Waals surface area contributed by atoms with Crippen molar-refractivity contribution in [2.24, 2.45) is 0 Å². The third-order valence-corrected chi connectivity index (χ3v) is 3.72. The van der Waals surface area contributed by atoms with Gasteiger partial charge in [0, 0.05) is 18.1 Å². The summed E-state index contributed by atoms with van der Waals surface area (Å²) in [5.41, 5.74) is 0.476. The van der Waals surface area contributed by atoms with Gasteiger partial charge in [0.15, 0.2) is 5.43 Å². The molecule has 0 aliphatic rings. The Morgan fingerprint density at radius 3 is 2.68 bits per heavy atom. The van der Waals surface area contributed by atoms with E-state index >= 15 is 0 Å². The van der Waals surface area contributed by atoms with Gasteiger partial charge in [0.1, 0.15) is 17.1 Å². The van der Waals surface area contributed by atoms with Gasteiger partial charge in [-0.3, -0.25) is 4.79 Å². The van der Waals surface area contributed by atoms with Gasteiger partial charge in [-0.25, -0.2) is 4.79 Å².